The second-order valence-corrected chi connectivity index (χ2v) is 4.87. The maximum atomic E-state index is 12.3. The summed E-state index contributed by atoms with van der Waals surface area (Å²) in [5.74, 6) is -1.76. The molecule has 0 heterocycles. The SMILES string of the molecule is N[C@@H](C(=O)O)[C@@H](CC(=O)c1ccccc1)c1ccccc1. The molecular weight excluding hydrogens is 266 g/mol. The smallest absolute Gasteiger partial charge is 0.321 e. The van der Waals surface area contributed by atoms with Crippen LogP contribution in [-0.4, -0.2) is 22.9 Å². The summed E-state index contributed by atoms with van der Waals surface area (Å²) >= 11 is 0. The second-order valence-electron chi connectivity index (χ2n) is 4.87. The summed E-state index contributed by atoms with van der Waals surface area (Å²) in [5, 5.41) is 9.16. The largest absolute Gasteiger partial charge is 0.480 e. The highest BCUT2D eigenvalue weighted by Gasteiger charge is 2.28. The van der Waals surface area contributed by atoms with Crippen molar-refractivity contribution in [1.82, 2.24) is 0 Å². The minimum absolute atomic E-state index is 0.0709. The summed E-state index contributed by atoms with van der Waals surface area (Å²) in [6, 6.07) is 16.8. The quantitative estimate of drug-likeness (QED) is 0.798. The van der Waals surface area contributed by atoms with E-state index in [2.05, 4.69) is 0 Å². The Morgan fingerprint density at radius 2 is 1.48 bits per heavy atom. The fourth-order valence-corrected chi connectivity index (χ4v) is 2.27. The van der Waals surface area contributed by atoms with Crippen molar-refractivity contribution in [2.45, 2.75) is 18.4 Å². The van der Waals surface area contributed by atoms with E-state index in [0.717, 1.165) is 5.56 Å². The summed E-state index contributed by atoms with van der Waals surface area (Å²) in [6.07, 6.45) is 0.0709. The molecule has 0 aromatic heterocycles. The summed E-state index contributed by atoms with van der Waals surface area (Å²) in [7, 11) is 0. The van der Waals surface area contributed by atoms with Crippen molar-refractivity contribution in [3.63, 3.8) is 0 Å². The van der Waals surface area contributed by atoms with Gasteiger partial charge in [-0.05, 0) is 5.56 Å². The van der Waals surface area contributed by atoms with Crippen LogP contribution >= 0.6 is 0 Å². The van der Waals surface area contributed by atoms with E-state index >= 15 is 0 Å². The highest BCUT2D eigenvalue weighted by atomic mass is 16.4. The van der Waals surface area contributed by atoms with Crippen LogP contribution in [0.25, 0.3) is 0 Å². The molecular formula is C17H17NO3. The maximum Gasteiger partial charge on any atom is 0.321 e. The number of hydrogen-bond donors (Lipinski definition) is 2. The number of ketones is 1. The Hall–Kier alpha value is -2.46. The zero-order valence-corrected chi connectivity index (χ0v) is 11.5. The number of carbonyl (C=O) groups is 2. The molecule has 4 heteroatoms. The van der Waals surface area contributed by atoms with Gasteiger partial charge < -0.3 is 10.8 Å². The fraction of sp³-hybridized carbons (Fsp3) is 0.176. The zero-order chi connectivity index (χ0) is 15.2. The second kappa shape index (κ2) is 6.81. The van der Waals surface area contributed by atoms with E-state index in [1.54, 1.807) is 36.4 Å². The number of carboxylic acid groups (broad SMARTS) is 1. The van der Waals surface area contributed by atoms with E-state index < -0.39 is 17.9 Å². The Balaban J connectivity index is 2.25. The molecule has 0 fully saturated rings. The van der Waals surface area contributed by atoms with Crippen LogP contribution in [0.3, 0.4) is 0 Å². The molecule has 0 aliphatic carbocycles. The first-order valence-electron chi connectivity index (χ1n) is 6.71. The van der Waals surface area contributed by atoms with Crippen molar-refractivity contribution in [3.8, 4) is 0 Å². The summed E-state index contributed by atoms with van der Waals surface area (Å²) < 4.78 is 0. The molecule has 0 saturated heterocycles. The molecule has 0 aliphatic heterocycles. The highest BCUT2D eigenvalue weighted by molar-refractivity contribution is 5.97. The van der Waals surface area contributed by atoms with Gasteiger partial charge in [0.15, 0.2) is 5.78 Å². The maximum absolute atomic E-state index is 12.3. The first-order valence-corrected chi connectivity index (χ1v) is 6.71. The summed E-state index contributed by atoms with van der Waals surface area (Å²) in [5.41, 5.74) is 7.09. The van der Waals surface area contributed by atoms with Gasteiger partial charge in [-0.25, -0.2) is 0 Å². The van der Waals surface area contributed by atoms with Gasteiger partial charge in [-0.15, -0.1) is 0 Å². The highest BCUT2D eigenvalue weighted by Crippen LogP contribution is 2.24. The van der Waals surface area contributed by atoms with Gasteiger partial charge in [0.25, 0.3) is 0 Å². The van der Waals surface area contributed by atoms with Gasteiger partial charge in [0, 0.05) is 17.9 Å². The molecule has 2 atom stereocenters. The Kier molecular flexibility index (Phi) is 4.85. The van der Waals surface area contributed by atoms with Gasteiger partial charge in [-0.2, -0.15) is 0 Å². The molecule has 2 aromatic carbocycles. The average molecular weight is 283 g/mol. The van der Waals surface area contributed by atoms with Crippen molar-refractivity contribution < 1.29 is 14.7 Å². The molecule has 0 bridgehead atoms. The molecule has 2 aromatic rings. The predicted octanol–water partition coefficient (Wildman–Crippen LogP) is 2.46. The van der Waals surface area contributed by atoms with Crippen LogP contribution in [0.4, 0.5) is 0 Å². The van der Waals surface area contributed by atoms with Gasteiger partial charge in [-0.1, -0.05) is 60.7 Å². The van der Waals surface area contributed by atoms with Crippen molar-refractivity contribution in [3.05, 3.63) is 71.8 Å². The Bertz CT molecular complexity index is 610. The molecule has 2 rings (SSSR count). The standard InChI is InChI=1S/C17H17NO3/c18-16(17(20)21)14(12-7-3-1-4-8-12)11-15(19)13-9-5-2-6-10-13/h1-10,14,16H,11,18H2,(H,20,21)/t14-,16+/m0/s1. The first kappa shape index (κ1) is 14.9. The topological polar surface area (TPSA) is 80.4 Å². The monoisotopic (exact) mass is 283 g/mol. The van der Waals surface area contributed by atoms with Crippen LogP contribution in [0.2, 0.25) is 0 Å². The zero-order valence-electron chi connectivity index (χ0n) is 11.5. The third-order valence-corrected chi connectivity index (χ3v) is 3.45. The molecule has 0 unspecified atom stereocenters. The fourth-order valence-electron chi connectivity index (χ4n) is 2.27. The lowest BCUT2D eigenvalue weighted by molar-refractivity contribution is -0.139. The van der Waals surface area contributed by atoms with Crippen LogP contribution in [0.5, 0.6) is 0 Å². The lowest BCUT2D eigenvalue weighted by Crippen LogP contribution is -2.37. The number of Topliss-reactive ketones (excluding diaryl/α,β-unsaturated/α-hetero) is 1. The number of benzene rings is 2. The first-order chi connectivity index (χ1) is 10.1. The molecule has 0 spiro atoms. The average Bonchev–Trinajstić information content (AvgIpc) is 2.53. The van der Waals surface area contributed by atoms with Gasteiger partial charge in [-0.3, -0.25) is 9.59 Å². The normalized spacial score (nSPS) is 13.4. The summed E-state index contributed by atoms with van der Waals surface area (Å²) in [4.78, 5) is 23.5. The van der Waals surface area contributed by atoms with E-state index in [0.29, 0.717) is 5.56 Å². The number of hydrogen-bond acceptors (Lipinski definition) is 3. The van der Waals surface area contributed by atoms with Crippen molar-refractivity contribution >= 4 is 11.8 Å². The third-order valence-electron chi connectivity index (χ3n) is 3.45. The molecule has 21 heavy (non-hydrogen) atoms. The number of rotatable bonds is 6. The number of aliphatic carboxylic acids is 1. The Morgan fingerprint density at radius 1 is 0.952 bits per heavy atom. The molecule has 3 N–H and O–H groups in total. The van der Waals surface area contributed by atoms with Crippen molar-refractivity contribution in [1.29, 1.82) is 0 Å². The summed E-state index contributed by atoms with van der Waals surface area (Å²) in [6.45, 7) is 0. The van der Waals surface area contributed by atoms with Crippen LogP contribution < -0.4 is 5.73 Å². The lowest BCUT2D eigenvalue weighted by Gasteiger charge is -2.20. The molecule has 0 saturated carbocycles. The van der Waals surface area contributed by atoms with Gasteiger partial charge in [0.05, 0.1) is 0 Å². The van der Waals surface area contributed by atoms with E-state index in [1.165, 1.54) is 0 Å². The van der Waals surface area contributed by atoms with E-state index in [-0.39, 0.29) is 12.2 Å². The van der Waals surface area contributed by atoms with E-state index in [4.69, 9.17) is 10.8 Å². The van der Waals surface area contributed by atoms with Gasteiger partial charge >= 0.3 is 5.97 Å². The molecule has 108 valence electrons. The third kappa shape index (κ3) is 3.77. The Labute approximate surface area is 123 Å². The van der Waals surface area contributed by atoms with E-state index in [1.807, 2.05) is 24.3 Å². The number of carboxylic acids is 1. The molecule has 0 radical (unpaired) electrons. The van der Waals surface area contributed by atoms with Crippen LogP contribution in [0, 0.1) is 0 Å². The van der Waals surface area contributed by atoms with Crippen molar-refractivity contribution in [2.75, 3.05) is 0 Å². The van der Waals surface area contributed by atoms with Crippen LogP contribution in [0.1, 0.15) is 28.3 Å². The van der Waals surface area contributed by atoms with Gasteiger partial charge in [0.1, 0.15) is 6.04 Å². The minimum atomic E-state index is -1.11. The van der Waals surface area contributed by atoms with E-state index in [9.17, 15) is 9.59 Å². The van der Waals surface area contributed by atoms with Crippen LogP contribution in [-0.2, 0) is 4.79 Å². The molecule has 0 amide bonds. The number of nitrogens with two attached hydrogens (primary N) is 1. The Morgan fingerprint density at radius 3 is 2.00 bits per heavy atom. The molecule has 4 nitrogen and oxygen atoms in total. The molecule has 0 aliphatic rings. The predicted molar refractivity (Wildman–Crippen MR) is 80.2 cm³/mol. The lowest BCUT2D eigenvalue weighted by atomic mass is 9.86. The van der Waals surface area contributed by atoms with Gasteiger partial charge in [0.2, 0.25) is 0 Å². The minimum Gasteiger partial charge on any atom is -0.480 e. The van der Waals surface area contributed by atoms with Crippen molar-refractivity contribution in [2.24, 2.45) is 5.73 Å². The van der Waals surface area contributed by atoms with Crippen LogP contribution in [0.15, 0.2) is 60.7 Å². The number of carbonyl (C=O) groups excluding carboxylic acids is 1.